The van der Waals surface area contributed by atoms with Gasteiger partial charge in [-0.3, -0.25) is 4.68 Å². The number of hydrogen-bond donors (Lipinski definition) is 1. The van der Waals surface area contributed by atoms with Crippen molar-refractivity contribution in [3.8, 4) is 0 Å². The maximum Gasteiger partial charge on any atom is 0.138 e. The van der Waals surface area contributed by atoms with Crippen molar-refractivity contribution in [1.29, 1.82) is 0 Å². The zero-order valence-corrected chi connectivity index (χ0v) is 9.55. The number of methoxy groups -OCH3 is 1. The summed E-state index contributed by atoms with van der Waals surface area (Å²) in [6.07, 6.45) is 2.39. The first kappa shape index (κ1) is 12.1. The summed E-state index contributed by atoms with van der Waals surface area (Å²) in [6.45, 7) is 2.74. The van der Waals surface area contributed by atoms with Crippen LogP contribution in [0.3, 0.4) is 0 Å². The van der Waals surface area contributed by atoms with Crippen LogP contribution in [0.25, 0.3) is 0 Å². The third-order valence-corrected chi connectivity index (χ3v) is 2.35. The number of aliphatic hydroxyl groups excluding tert-OH is 1. The Morgan fingerprint density at radius 1 is 1.60 bits per heavy atom. The van der Waals surface area contributed by atoms with Crippen LogP contribution >= 0.6 is 0 Å². The highest BCUT2D eigenvalue weighted by molar-refractivity contribution is 4.86. The first-order valence-corrected chi connectivity index (χ1v) is 5.13. The Kier molecular flexibility index (Phi) is 4.71. The summed E-state index contributed by atoms with van der Waals surface area (Å²) in [6, 6.07) is 0. The fourth-order valence-corrected chi connectivity index (χ4v) is 1.62. The van der Waals surface area contributed by atoms with E-state index in [-0.39, 0.29) is 6.10 Å². The van der Waals surface area contributed by atoms with Crippen molar-refractivity contribution in [2.45, 2.75) is 25.9 Å². The first-order chi connectivity index (χ1) is 7.13. The maximum atomic E-state index is 9.81. The van der Waals surface area contributed by atoms with E-state index in [0.717, 1.165) is 12.2 Å². The van der Waals surface area contributed by atoms with Gasteiger partial charge in [0.2, 0.25) is 0 Å². The largest absolute Gasteiger partial charge is 0.393 e. The van der Waals surface area contributed by atoms with Gasteiger partial charge in [0.1, 0.15) is 12.2 Å². The van der Waals surface area contributed by atoms with Crippen LogP contribution < -0.4 is 0 Å². The monoisotopic (exact) mass is 213 g/mol. The van der Waals surface area contributed by atoms with E-state index in [1.807, 2.05) is 7.05 Å². The third-order valence-electron chi connectivity index (χ3n) is 2.35. The third kappa shape index (κ3) is 3.97. The van der Waals surface area contributed by atoms with Crippen LogP contribution in [-0.4, -0.2) is 39.7 Å². The van der Waals surface area contributed by atoms with Crippen LogP contribution in [-0.2, 0) is 18.2 Å². The zero-order chi connectivity index (χ0) is 11.3. The Morgan fingerprint density at radius 2 is 2.33 bits per heavy atom. The Labute approximate surface area is 90.1 Å². The van der Waals surface area contributed by atoms with Gasteiger partial charge in [0.05, 0.1) is 6.10 Å². The van der Waals surface area contributed by atoms with E-state index < -0.39 is 0 Å². The van der Waals surface area contributed by atoms with Crippen molar-refractivity contribution in [3.05, 3.63) is 12.2 Å². The summed E-state index contributed by atoms with van der Waals surface area (Å²) >= 11 is 0. The number of nitrogens with zero attached hydrogens (tertiary/aromatic N) is 3. The minimum atomic E-state index is -0.377. The molecule has 1 aromatic rings. The predicted octanol–water partition coefficient (Wildman–Crippen LogP) is 0.391. The molecule has 5 heteroatoms. The molecule has 0 saturated carbocycles. The van der Waals surface area contributed by atoms with Crippen LogP contribution in [0.15, 0.2) is 6.33 Å². The molecular weight excluding hydrogens is 194 g/mol. The van der Waals surface area contributed by atoms with E-state index in [0.29, 0.717) is 18.9 Å². The fourth-order valence-electron chi connectivity index (χ4n) is 1.62. The molecule has 1 N–H and O–H groups in total. The van der Waals surface area contributed by atoms with E-state index in [4.69, 9.17) is 4.74 Å². The first-order valence-electron chi connectivity index (χ1n) is 5.13. The molecule has 0 aliphatic rings. The summed E-state index contributed by atoms with van der Waals surface area (Å²) in [5.74, 6) is 1.17. The van der Waals surface area contributed by atoms with Crippen molar-refractivity contribution >= 4 is 0 Å². The average molecular weight is 213 g/mol. The molecule has 1 rings (SSSR count). The summed E-state index contributed by atoms with van der Waals surface area (Å²) in [4.78, 5) is 4.07. The van der Waals surface area contributed by atoms with Crippen molar-refractivity contribution in [3.63, 3.8) is 0 Å². The minimum absolute atomic E-state index is 0.359. The molecule has 0 bridgehead atoms. The van der Waals surface area contributed by atoms with Gasteiger partial charge < -0.3 is 9.84 Å². The van der Waals surface area contributed by atoms with Gasteiger partial charge in [-0.2, -0.15) is 5.10 Å². The summed E-state index contributed by atoms with van der Waals surface area (Å²) < 4.78 is 6.70. The number of hydrogen-bond acceptors (Lipinski definition) is 4. The molecule has 15 heavy (non-hydrogen) atoms. The van der Waals surface area contributed by atoms with Crippen LogP contribution in [0.2, 0.25) is 0 Å². The molecule has 1 aromatic heterocycles. The lowest BCUT2D eigenvalue weighted by Gasteiger charge is -2.15. The number of rotatable bonds is 6. The summed E-state index contributed by atoms with van der Waals surface area (Å²) in [7, 11) is 3.50. The second-order valence-electron chi connectivity index (χ2n) is 3.95. The van der Waals surface area contributed by atoms with Gasteiger partial charge in [0.25, 0.3) is 0 Å². The van der Waals surface area contributed by atoms with E-state index in [1.54, 1.807) is 11.8 Å². The van der Waals surface area contributed by atoms with Gasteiger partial charge in [-0.15, -0.1) is 0 Å². The molecule has 5 nitrogen and oxygen atoms in total. The van der Waals surface area contributed by atoms with Crippen molar-refractivity contribution in [2.75, 3.05) is 13.7 Å². The maximum absolute atomic E-state index is 9.81. The molecule has 0 aliphatic heterocycles. The van der Waals surface area contributed by atoms with Gasteiger partial charge in [0, 0.05) is 27.2 Å². The molecule has 0 amide bonds. The van der Waals surface area contributed by atoms with E-state index in [9.17, 15) is 5.11 Å². The van der Waals surface area contributed by atoms with Gasteiger partial charge in [-0.25, -0.2) is 4.98 Å². The predicted molar refractivity (Wildman–Crippen MR) is 56.4 cm³/mol. The smallest absolute Gasteiger partial charge is 0.138 e. The molecule has 2 atom stereocenters. The van der Waals surface area contributed by atoms with Gasteiger partial charge in [-0.1, -0.05) is 6.92 Å². The minimum Gasteiger partial charge on any atom is -0.393 e. The lowest BCUT2D eigenvalue weighted by atomic mass is 10.0. The molecule has 0 spiro atoms. The molecule has 0 fully saturated rings. The Bertz CT molecular complexity index is 288. The number of aliphatic hydroxyl groups is 1. The second-order valence-corrected chi connectivity index (χ2v) is 3.95. The SMILES string of the molecule is COCC(C)CC(O)Cc1ncnn1C. The number of aryl methyl sites for hydroxylation is 1. The lowest BCUT2D eigenvalue weighted by Crippen LogP contribution is -2.19. The number of aromatic nitrogens is 3. The lowest BCUT2D eigenvalue weighted by molar-refractivity contribution is 0.0999. The molecule has 0 saturated heterocycles. The summed E-state index contributed by atoms with van der Waals surface area (Å²) in [5, 5.41) is 13.8. The van der Waals surface area contributed by atoms with E-state index >= 15 is 0 Å². The highest BCUT2D eigenvalue weighted by Gasteiger charge is 2.13. The second kappa shape index (κ2) is 5.82. The van der Waals surface area contributed by atoms with E-state index in [1.165, 1.54) is 6.33 Å². The summed E-state index contributed by atoms with van der Waals surface area (Å²) in [5.41, 5.74) is 0. The van der Waals surface area contributed by atoms with Gasteiger partial charge >= 0.3 is 0 Å². The van der Waals surface area contributed by atoms with Crippen LogP contribution in [0.5, 0.6) is 0 Å². The average Bonchev–Trinajstić information content (AvgIpc) is 2.52. The fraction of sp³-hybridized carbons (Fsp3) is 0.800. The normalized spacial score (nSPS) is 15.2. The van der Waals surface area contributed by atoms with Gasteiger partial charge in [-0.05, 0) is 12.3 Å². The quantitative estimate of drug-likeness (QED) is 0.742. The van der Waals surface area contributed by atoms with E-state index in [2.05, 4.69) is 17.0 Å². The highest BCUT2D eigenvalue weighted by atomic mass is 16.5. The molecule has 0 radical (unpaired) electrons. The Hall–Kier alpha value is -0.940. The highest BCUT2D eigenvalue weighted by Crippen LogP contribution is 2.09. The molecule has 0 aliphatic carbocycles. The molecule has 1 heterocycles. The van der Waals surface area contributed by atoms with Crippen molar-refractivity contribution in [2.24, 2.45) is 13.0 Å². The molecule has 0 aromatic carbocycles. The topological polar surface area (TPSA) is 60.2 Å². The molecule has 2 unspecified atom stereocenters. The van der Waals surface area contributed by atoms with Gasteiger partial charge in [0.15, 0.2) is 0 Å². The van der Waals surface area contributed by atoms with Crippen LogP contribution in [0.4, 0.5) is 0 Å². The Balaban J connectivity index is 2.36. The van der Waals surface area contributed by atoms with Crippen LogP contribution in [0.1, 0.15) is 19.2 Å². The standard InChI is InChI=1S/C10H19N3O2/c1-8(6-15-3)4-9(14)5-10-11-7-12-13(10)2/h7-9,14H,4-6H2,1-3H3. The molecule has 86 valence electrons. The zero-order valence-electron chi connectivity index (χ0n) is 9.55. The Morgan fingerprint density at radius 3 is 2.87 bits per heavy atom. The van der Waals surface area contributed by atoms with Crippen molar-refractivity contribution in [1.82, 2.24) is 14.8 Å². The number of ether oxygens (including phenoxy) is 1. The van der Waals surface area contributed by atoms with Crippen LogP contribution in [0, 0.1) is 5.92 Å². The van der Waals surface area contributed by atoms with Crippen molar-refractivity contribution < 1.29 is 9.84 Å². The molecular formula is C10H19N3O2.